The van der Waals surface area contributed by atoms with Gasteiger partial charge in [0.25, 0.3) is 0 Å². The van der Waals surface area contributed by atoms with Crippen LogP contribution in [0.2, 0.25) is 15.1 Å². The summed E-state index contributed by atoms with van der Waals surface area (Å²) >= 11 is 18.1. The van der Waals surface area contributed by atoms with Crippen molar-refractivity contribution < 1.29 is 13.2 Å². The lowest BCUT2D eigenvalue weighted by Gasteiger charge is -2.13. The second-order valence-electron chi connectivity index (χ2n) is 4.89. The number of hydrogen-bond donors (Lipinski definition) is 2. The van der Waals surface area contributed by atoms with Crippen molar-refractivity contribution in [1.29, 1.82) is 0 Å². The molecule has 0 saturated carbocycles. The Bertz CT molecular complexity index is 891. The summed E-state index contributed by atoms with van der Waals surface area (Å²) in [6.07, 6.45) is 0. The molecule has 2 aromatic rings. The Morgan fingerprint density at radius 3 is 2.17 bits per heavy atom. The summed E-state index contributed by atoms with van der Waals surface area (Å²) < 4.78 is 25.8. The fourth-order valence-corrected chi connectivity index (χ4v) is 5.01. The molecule has 0 saturated heterocycles. The third kappa shape index (κ3) is 3.78. The first-order valence-corrected chi connectivity index (χ1v) is 9.27. The number of sulfone groups is 1. The van der Waals surface area contributed by atoms with Crippen LogP contribution in [0.5, 0.6) is 0 Å². The summed E-state index contributed by atoms with van der Waals surface area (Å²) in [6.45, 7) is 1.65. The van der Waals surface area contributed by atoms with Crippen LogP contribution in [0.1, 0.15) is 5.56 Å². The van der Waals surface area contributed by atoms with Gasteiger partial charge in [-0.25, -0.2) is 13.2 Å². The number of hydrogen-bond acceptors (Lipinski definition) is 3. The van der Waals surface area contributed by atoms with Gasteiger partial charge in [0.2, 0.25) is 9.84 Å². The van der Waals surface area contributed by atoms with Crippen LogP contribution >= 0.6 is 34.8 Å². The van der Waals surface area contributed by atoms with E-state index in [-0.39, 0.29) is 30.5 Å². The van der Waals surface area contributed by atoms with Crippen molar-refractivity contribution in [1.82, 2.24) is 5.32 Å². The fraction of sp³-hybridized carbons (Fsp3) is 0.133. The standard InChI is InChI=1S/C15H13Cl3N2O3S/c1-8-3-4-9(16)5-13(8)24(22,23)14-11(17)6-10(7-12(14)18)20-15(21)19-2/h3-7H,1-2H3,(H2,19,20,21). The topological polar surface area (TPSA) is 75.3 Å². The molecule has 0 heterocycles. The molecule has 0 fully saturated rings. The summed E-state index contributed by atoms with van der Waals surface area (Å²) in [5.41, 5.74) is 0.783. The molecule has 9 heteroatoms. The van der Waals surface area contributed by atoms with Crippen LogP contribution in [0.3, 0.4) is 0 Å². The maximum atomic E-state index is 12.9. The van der Waals surface area contributed by atoms with Crippen LogP contribution < -0.4 is 10.6 Å². The maximum Gasteiger partial charge on any atom is 0.318 e. The molecule has 128 valence electrons. The van der Waals surface area contributed by atoms with Crippen molar-refractivity contribution in [3.63, 3.8) is 0 Å². The van der Waals surface area contributed by atoms with Crippen LogP contribution in [0.25, 0.3) is 0 Å². The number of carbonyl (C=O) groups excluding carboxylic acids is 1. The number of rotatable bonds is 3. The molecule has 2 aromatic carbocycles. The molecule has 0 aliphatic carbocycles. The summed E-state index contributed by atoms with van der Waals surface area (Å²) in [6, 6.07) is 6.68. The van der Waals surface area contributed by atoms with E-state index in [2.05, 4.69) is 10.6 Å². The average molecular weight is 408 g/mol. The minimum atomic E-state index is -3.98. The van der Waals surface area contributed by atoms with Gasteiger partial charge in [0.1, 0.15) is 4.90 Å². The Labute approximate surface area is 154 Å². The monoisotopic (exact) mass is 406 g/mol. The van der Waals surface area contributed by atoms with Crippen LogP contribution in [0.15, 0.2) is 40.1 Å². The van der Waals surface area contributed by atoms with Gasteiger partial charge in [0.15, 0.2) is 0 Å². The van der Waals surface area contributed by atoms with E-state index in [0.717, 1.165) is 0 Å². The van der Waals surface area contributed by atoms with Gasteiger partial charge in [0.05, 0.1) is 14.9 Å². The molecule has 2 amide bonds. The summed E-state index contributed by atoms with van der Waals surface area (Å²) in [4.78, 5) is 11.1. The number of aryl methyl sites for hydroxylation is 1. The predicted molar refractivity (Wildman–Crippen MR) is 96.2 cm³/mol. The Balaban J connectivity index is 2.59. The quantitative estimate of drug-likeness (QED) is 0.784. The second-order valence-corrected chi connectivity index (χ2v) is 7.99. The molecule has 2 rings (SSSR count). The molecule has 2 N–H and O–H groups in total. The Kier molecular flexibility index (Phi) is 5.65. The van der Waals surface area contributed by atoms with Crippen LogP contribution in [0, 0.1) is 6.92 Å². The van der Waals surface area contributed by atoms with E-state index in [1.807, 2.05) is 0 Å². The fourth-order valence-electron chi connectivity index (χ4n) is 2.06. The largest absolute Gasteiger partial charge is 0.341 e. The third-order valence-electron chi connectivity index (χ3n) is 3.19. The molecule has 0 radical (unpaired) electrons. The number of benzene rings is 2. The summed E-state index contributed by atoms with van der Waals surface area (Å²) in [5.74, 6) is 0. The first kappa shape index (κ1) is 18.9. The molecule has 0 bridgehead atoms. The van der Waals surface area contributed by atoms with E-state index in [1.165, 1.54) is 25.2 Å². The minimum absolute atomic E-state index is 0.0193. The van der Waals surface area contributed by atoms with Gasteiger partial charge in [0, 0.05) is 17.8 Å². The van der Waals surface area contributed by atoms with Crippen molar-refractivity contribution >= 4 is 56.4 Å². The summed E-state index contributed by atoms with van der Waals surface area (Å²) in [7, 11) is -2.54. The van der Waals surface area contributed by atoms with Crippen LogP contribution in [-0.4, -0.2) is 21.5 Å². The molecular weight excluding hydrogens is 395 g/mol. The molecule has 0 atom stereocenters. The van der Waals surface area contributed by atoms with Gasteiger partial charge < -0.3 is 10.6 Å². The van der Waals surface area contributed by atoms with E-state index in [1.54, 1.807) is 19.1 Å². The highest BCUT2D eigenvalue weighted by Crippen LogP contribution is 2.37. The first-order chi connectivity index (χ1) is 11.2. The van der Waals surface area contributed by atoms with Crippen LogP contribution in [-0.2, 0) is 9.84 Å². The van der Waals surface area contributed by atoms with Gasteiger partial charge in [-0.1, -0.05) is 40.9 Å². The van der Waals surface area contributed by atoms with Crippen molar-refractivity contribution in [2.24, 2.45) is 0 Å². The lowest BCUT2D eigenvalue weighted by atomic mass is 10.2. The predicted octanol–water partition coefficient (Wildman–Crippen LogP) is 4.54. The van der Waals surface area contributed by atoms with E-state index in [4.69, 9.17) is 34.8 Å². The number of anilines is 1. The molecule has 24 heavy (non-hydrogen) atoms. The zero-order chi connectivity index (χ0) is 18.1. The molecule has 0 aliphatic rings. The third-order valence-corrected chi connectivity index (χ3v) is 6.24. The summed E-state index contributed by atoms with van der Waals surface area (Å²) in [5, 5.41) is 4.92. The Morgan fingerprint density at radius 1 is 1.04 bits per heavy atom. The van der Waals surface area contributed by atoms with E-state index in [0.29, 0.717) is 5.56 Å². The van der Waals surface area contributed by atoms with E-state index < -0.39 is 15.9 Å². The normalized spacial score (nSPS) is 11.2. The number of carbonyl (C=O) groups is 1. The SMILES string of the molecule is CNC(=O)Nc1cc(Cl)c(S(=O)(=O)c2cc(Cl)ccc2C)c(Cl)c1. The minimum Gasteiger partial charge on any atom is -0.341 e. The van der Waals surface area contributed by atoms with Gasteiger partial charge in [-0.05, 0) is 36.8 Å². The van der Waals surface area contributed by atoms with Gasteiger partial charge >= 0.3 is 6.03 Å². The lowest BCUT2D eigenvalue weighted by Crippen LogP contribution is -2.24. The highest BCUT2D eigenvalue weighted by Gasteiger charge is 2.27. The molecule has 0 spiro atoms. The van der Waals surface area contributed by atoms with Gasteiger partial charge in [-0.3, -0.25) is 0 Å². The molecule has 0 aromatic heterocycles. The second kappa shape index (κ2) is 7.19. The maximum absolute atomic E-state index is 12.9. The number of nitrogens with one attached hydrogen (secondary N) is 2. The van der Waals surface area contributed by atoms with Gasteiger partial charge in [-0.2, -0.15) is 0 Å². The molecular formula is C15H13Cl3N2O3S. The average Bonchev–Trinajstić information content (AvgIpc) is 2.48. The van der Waals surface area contributed by atoms with Crippen LogP contribution in [0.4, 0.5) is 10.5 Å². The number of urea groups is 1. The van der Waals surface area contributed by atoms with E-state index in [9.17, 15) is 13.2 Å². The zero-order valence-electron chi connectivity index (χ0n) is 12.7. The Morgan fingerprint density at radius 2 is 1.62 bits per heavy atom. The van der Waals surface area contributed by atoms with Crippen molar-refractivity contribution in [2.75, 3.05) is 12.4 Å². The van der Waals surface area contributed by atoms with E-state index >= 15 is 0 Å². The number of halogens is 3. The highest BCUT2D eigenvalue weighted by molar-refractivity contribution is 7.91. The highest BCUT2D eigenvalue weighted by atomic mass is 35.5. The zero-order valence-corrected chi connectivity index (χ0v) is 15.7. The first-order valence-electron chi connectivity index (χ1n) is 6.66. The number of amides is 2. The lowest BCUT2D eigenvalue weighted by molar-refractivity contribution is 0.254. The van der Waals surface area contributed by atoms with Crippen molar-refractivity contribution in [3.8, 4) is 0 Å². The van der Waals surface area contributed by atoms with Crippen molar-refractivity contribution in [3.05, 3.63) is 51.0 Å². The smallest absolute Gasteiger partial charge is 0.318 e. The van der Waals surface area contributed by atoms with Crippen molar-refractivity contribution in [2.45, 2.75) is 16.7 Å². The molecule has 0 aliphatic heterocycles. The molecule has 0 unspecified atom stereocenters. The Hall–Kier alpha value is -1.47. The molecule has 5 nitrogen and oxygen atoms in total. The van der Waals surface area contributed by atoms with Gasteiger partial charge in [-0.15, -0.1) is 0 Å².